The lowest BCUT2D eigenvalue weighted by Gasteiger charge is -2.39. The Bertz CT molecular complexity index is 850. The summed E-state index contributed by atoms with van der Waals surface area (Å²) in [6, 6.07) is 8.74. The molecule has 0 amide bonds. The zero-order valence-corrected chi connectivity index (χ0v) is 23.2. The minimum absolute atomic E-state index is 0. The molecule has 2 aliphatic heterocycles. The van der Waals surface area contributed by atoms with Crippen LogP contribution in [0.5, 0.6) is 0 Å². The molecular formula is C23H40IN5O2S. The van der Waals surface area contributed by atoms with Crippen molar-refractivity contribution in [3.05, 3.63) is 35.4 Å². The zero-order chi connectivity index (χ0) is 22.5. The Hall–Kier alpha value is -0.910. The monoisotopic (exact) mass is 577 g/mol. The molecule has 1 aromatic carbocycles. The van der Waals surface area contributed by atoms with Crippen LogP contribution >= 0.6 is 24.0 Å². The van der Waals surface area contributed by atoms with Gasteiger partial charge in [-0.05, 0) is 38.4 Å². The molecule has 2 aliphatic rings. The molecule has 0 atom stereocenters. The van der Waals surface area contributed by atoms with Crippen LogP contribution in [0.15, 0.2) is 29.3 Å². The number of halogens is 1. The van der Waals surface area contributed by atoms with E-state index < -0.39 is 14.6 Å². The van der Waals surface area contributed by atoms with E-state index in [-0.39, 0.29) is 29.7 Å². The average Bonchev–Trinajstić information content (AvgIpc) is 2.75. The average molecular weight is 578 g/mol. The minimum atomic E-state index is -3.06. The lowest BCUT2D eigenvalue weighted by atomic mass is 10.1. The summed E-state index contributed by atoms with van der Waals surface area (Å²) < 4.78 is 23.9. The second-order valence-electron chi connectivity index (χ2n) is 9.20. The normalized spacial score (nSPS) is 21.8. The predicted octanol–water partition coefficient (Wildman–Crippen LogP) is 2.42. The van der Waals surface area contributed by atoms with Crippen molar-refractivity contribution in [3.8, 4) is 0 Å². The summed E-state index contributed by atoms with van der Waals surface area (Å²) in [5.74, 6) is 0.967. The van der Waals surface area contributed by atoms with E-state index in [9.17, 15) is 8.42 Å². The van der Waals surface area contributed by atoms with Gasteiger partial charge in [-0.1, -0.05) is 31.2 Å². The van der Waals surface area contributed by atoms with E-state index in [0.29, 0.717) is 19.6 Å². The maximum atomic E-state index is 12.3. The van der Waals surface area contributed by atoms with Gasteiger partial charge in [0.1, 0.15) is 0 Å². The molecular weight excluding hydrogens is 537 g/mol. The van der Waals surface area contributed by atoms with Crippen LogP contribution in [-0.4, -0.2) is 91.9 Å². The summed E-state index contributed by atoms with van der Waals surface area (Å²) in [6.07, 6.45) is 0. The van der Waals surface area contributed by atoms with E-state index >= 15 is 0 Å². The second kappa shape index (κ2) is 12.0. The number of aliphatic imine (C=N–C) groups is 1. The standard InChI is InChI=1S/C23H39N5O2S.HI/c1-5-24-22(28-15-16-31(29,30)23(3,4)19-28)25-17-20-7-9-21(10-8-20)18-27-13-11-26(6-2)12-14-27;/h7-10H,5-6,11-19H2,1-4H3,(H,24,25);1H. The molecule has 0 aliphatic carbocycles. The van der Waals surface area contributed by atoms with E-state index in [1.807, 2.05) is 6.92 Å². The largest absolute Gasteiger partial charge is 0.357 e. The van der Waals surface area contributed by atoms with Crippen molar-refractivity contribution in [2.24, 2.45) is 4.99 Å². The molecule has 182 valence electrons. The molecule has 3 rings (SSSR count). The highest BCUT2D eigenvalue weighted by atomic mass is 127. The first kappa shape index (κ1) is 27.3. The van der Waals surface area contributed by atoms with Crippen molar-refractivity contribution in [3.63, 3.8) is 0 Å². The number of rotatable bonds is 6. The van der Waals surface area contributed by atoms with Gasteiger partial charge in [0, 0.05) is 52.4 Å². The molecule has 32 heavy (non-hydrogen) atoms. The first-order valence-electron chi connectivity index (χ1n) is 11.5. The summed E-state index contributed by atoms with van der Waals surface area (Å²) in [7, 11) is -3.06. The Balaban J connectivity index is 0.00000363. The summed E-state index contributed by atoms with van der Waals surface area (Å²) in [5.41, 5.74) is 2.51. The number of benzene rings is 1. The highest BCUT2D eigenvalue weighted by molar-refractivity contribution is 14.0. The third-order valence-corrected chi connectivity index (χ3v) is 8.96. The molecule has 1 N–H and O–H groups in total. The number of nitrogens with one attached hydrogen (secondary N) is 1. The fourth-order valence-electron chi connectivity index (χ4n) is 4.19. The molecule has 0 radical (unpaired) electrons. The Morgan fingerprint density at radius 1 is 1.00 bits per heavy atom. The lowest BCUT2D eigenvalue weighted by Crippen LogP contribution is -2.57. The van der Waals surface area contributed by atoms with Crippen LogP contribution in [-0.2, 0) is 22.9 Å². The Morgan fingerprint density at radius 2 is 1.59 bits per heavy atom. The van der Waals surface area contributed by atoms with Crippen LogP contribution in [0.1, 0.15) is 38.8 Å². The van der Waals surface area contributed by atoms with Gasteiger partial charge < -0.3 is 15.1 Å². The van der Waals surface area contributed by atoms with Crippen LogP contribution in [0.4, 0.5) is 0 Å². The number of hydrogen-bond acceptors (Lipinski definition) is 5. The van der Waals surface area contributed by atoms with Crippen molar-refractivity contribution in [2.75, 3.05) is 58.1 Å². The van der Waals surface area contributed by atoms with E-state index in [1.54, 1.807) is 13.8 Å². The first-order valence-corrected chi connectivity index (χ1v) is 13.2. The molecule has 2 saturated heterocycles. The van der Waals surface area contributed by atoms with Gasteiger partial charge in [0.25, 0.3) is 0 Å². The topological polar surface area (TPSA) is 68.2 Å². The van der Waals surface area contributed by atoms with E-state index in [1.165, 1.54) is 11.1 Å². The Morgan fingerprint density at radius 3 is 2.16 bits per heavy atom. The number of hydrogen-bond donors (Lipinski definition) is 1. The van der Waals surface area contributed by atoms with Crippen molar-refractivity contribution in [1.29, 1.82) is 0 Å². The molecule has 7 nitrogen and oxygen atoms in total. The van der Waals surface area contributed by atoms with Gasteiger partial charge in [0.15, 0.2) is 15.8 Å². The molecule has 2 heterocycles. The highest BCUT2D eigenvalue weighted by Gasteiger charge is 2.40. The number of sulfone groups is 1. The van der Waals surface area contributed by atoms with Gasteiger partial charge in [-0.3, -0.25) is 4.90 Å². The van der Waals surface area contributed by atoms with E-state index in [4.69, 9.17) is 4.99 Å². The molecule has 0 saturated carbocycles. The molecule has 9 heteroatoms. The van der Waals surface area contributed by atoms with Crippen molar-refractivity contribution < 1.29 is 8.42 Å². The molecule has 0 bridgehead atoms. The smallest absolute Gasteiger partial charge is 0.194 e. The minimum Gasteiger partial charge on any atom is -0.357 e. The number of likely N-dealkylation sites (N-methyl/N-ethyl adjacent to an activating group) is 1. The molecule has 2 fully saturated rings. The van der Waals surface area contributed by atoms with E-state index in [0.717, 1.165) is 51.8 Å². The summed E-state index contributed by atoms with van der Waals surface area (Å²) in [4.78, 5) is 11.9. The van der Waals surface area contributed by atoms with Crippen molar-refractivity contribution in [1.82, 2.24) is 20.0 Å². The molecule has 0 unspecified atom stereocenters. The van der Waals surface area contributed by atoms with Gasteiger partial charge in [0.2, 0.25) is 0 Å². The molecule has 0 spiro atoms. The highest BCUT2D eigenvalue weighted by Crippen LogP contribution is 2.24. The zero-order valence-electron chi connectivity index (χ0n) is 20.0. The van der Waals surface area contributed by atoms with Crippen molar-refractivity contribution >= 4 is 39.8 Å². The fraction of sp³-hybridized carbons (Fsp3) is 0.696. The summed E-state index contributed by atoms with van der Waals surface area (Å²) >= 11 is 0. The third kappa shape index (κ3) is 7.04. The molecule has 0 aromatic heterocycles. The van der Waals surface area contributed by atoms with Crippen LogP contribution in [0, 0.1) is 0 Å². The Labute approximate surface area is 211 Å². The van der Waals surface area contributed by atoms with Gasteiger partial charge in [-0.2, -0.15) is 0 Å². The third-order valence-electron chi connectivity index (χ3n) is 6.43. The Kier molecular flexibility index (Phi) is 10.2. The van der Waals surface area contributed by atoms with Crippen LogP contribution < -0.4 is 5.32 Å². The quantitative estimate of drug-likeness (QED) is 0.319. The van der Waals surface area contributed by atoms with Crippen LogP contribution in [0.2, 0.25) is 0 Å². The number of guanidine groups is 1. The van der Waals surface area contributed by atoms with Gasteiger partial charge in [-0.15, -0.1) is 24.0 Å². The number of piperazine rings is 1. The summed E-state index contributed by atoms with van der Waals surface area (Å²) in [6.45, 7) is 16.9. The number of nitrogens with zero attached hydrogens (tertiary/aromatic N) is 4. The second-order valence-corrected chi connectivity index (χ2v) is 11.9. The van der Waals surface area contributed by atoms with Gasteiger partial charge >= 0.3 is 0 Å². The maximum absolute atomic E-state index is 12.3. The SMILES string of the molecule is CCNC(=NCc1ccc(CN2CCN(CC)CC2)cc1)N1CCS(=O)(=O)C(C)(C)C1.I. The predicted molar refractivity (Wildman–Crippen MR) is 144 cm³/mol. The molecule has 1 aromatic rings. The van der Waals surface area contributed by atoms with Crippen LogP contribution in [0.25, 0.3) is 0 Å². The van der Waals surface area contributed by atoms with Gasteiger partial charge in [0.05, 0.1) is 17.0 Å². The van der Waals surface area contributed by atoms with E-state index in [2.05, 4.69) is 51.2 Å². The summed E-state index contributed by atoms with van der Waals surface area (Å²) in [5, 5.41) is 3.33. The fourth-order valence-corrected chi connectivity index (χ4v) is 5.55. The van der Waals surface area contributed by atoms with Crippen LogP contribution in [0.3, 0.4) is 0 Å². The van der Waals surface area contributed by atoms with Gasteiger partial charge in [-0.25, -0.2) is 13.4 Å². The first-order chi connectivity index (χ1) is 14.7. The van der Waals surface area contributed by atoms with Crippen molar-refractivity contribution in [2.45, 2.75) is 45.5 Å². The maximum Gasteiger partial charge on any atom is 0.194 e. The lowest BCUT2D eigenvalue weighted by molar-refractivity contribution is 0.132.